The average molecular weight is 321 g/mol. The molecule has 0 aliphatic heterocycles. The van der Waals surface area contributed by atoms with Gasteiger partial charge in [-0.3, -0.25) is 0 Å². The molecule has 124 valence electrons. The van der Waals surface area contributed by atoms with Crippen LogP contribution in [0.1, 0.15) is 62.2 Å². The Balaban J connectivity index is 0.00000225. The summed E-state index contributed by atoms with van der Waals surface area (Å²) < 4.78 is 13.6. The minimum Gasteiger partial charge on any atom is -0.206 e. The van der Waals surface area contributed by atoms with Crippen LogP contribution in [0.3, 0.4) is 0 Å². The molecule has 1 aliphatic rings. The molecule has 0 radical (unpaired) electrons. The highest BCUT2D eigenvalue weighted by Crippen LogP contribution is 2.35. The van der Waals surface area contributed by atoms with Gasteiger partial charge >= 0.3 is 0 Å². The van der Waals surface area contributed by atoms with E-state index in [-0.39, 0.29) is 6.99 Å². The molecule has 0 saturated heterocycles. The second-order valence-electron chi connectivity index (χ2n) is 6.81. The summed E-state index contributed by atoms with van der Waals surface area (Å²) in [4.78, 5) is 0. The van der Waals surface area contributed by atoms with E-state index in [1.54, 1.807) is 6.07 Å². The smallest absolute Gasteiger partial charge is 0.141 e. The lowest BCUT2D eigenvalue weighted by Gasteiger charge is -2.26. The molecule has 1 saturated carbocycles. The van der Waals surface area contributed by atoms with Crippen molar-refractivity contribution in [2.24, 2.45) is 5.92 Å². The van der Waals surface area contributed by atoms with Crippen molar-refractivity contribution in [3.63, 3.8) is 0 Å². The van der Waals surface area contributed by atoms with Crippen LogP contribution in [0.4, 0.5) is 4.39 Å². The topological polar surface area (TPSA) is 23.8 Å². The van der Waals surface area contributed by atoms with Crippen LogP contribution in [0, 0.1) is 23.1 Å². The lowest BCUT2D eigenvalue weighted by atomic mass is 9.79. The van der Waals surface area contributed by atoms with Crippen molar-refractivity contribution in [1.82, 2.24) is 0 Å². The molecule has 1 nitrogen and oxygen atoms in total. The van der Waals surface area contributed by atoms with E-state index in [4.69, 9.17) is 5.26 Å². The van der Waals surface area contributed by atoms with E-state index in [0.717, 1.165) is 17.0 Å². The summed E-state index contributed by atoms with van der Waals surface area (Å²) in [6.45, 7) is 2.34. The molecule has 0 aromatic heterocycles. The van der Waals surface area contributed by atoms with Crippen molar-refractivity contribution in [3.8, 4) is 6.07 Å². The van der Waals surface area contributed by atoms with Crippen LogP contribution < -0.4 is 0 Å². The molecule has 0 heterocycles. The van der Waals surface area contributed by atoms with Gasteiger partial charge in [0.15, 0.2) is 0 Å². The van der Waals surface area contributed by atoms with Crippen LogP contribution in [0.25, 0.3) is 12.2 Å². The second kappa shape index (κ2) is 7.45. The van der Waals surface area contributed by atoms with Crippen molar-refractivity contribution >= 4 is 12.2 Å². The van der Waals surface area contributed by atoms with Gasteiger partial charge in [0, 0.05) is 1.43 Å². The van der Waals surface area contributed by atoms with E-state index >= 15 is 0 Å². The Morgan fingerprint density at radius 3 is 2.25 bits per heavy atom. The molecule has 0 bridgehead atoms. The third-order valence-electron chi connectivity index (χ3n) is 5.01. The fraction of sp³-hybridized carbons (Fsp3) is 0.318. The van der Waals surface area contributed by atoms with Crippen LogP contribution in [0.2, 0.25) is 0 Å². The molecule has 0 amide bonds. The largest absolute Gasteiger partial charge is 0.206 e. The third kappa shape index (κ3) is 3.92. The first-order chi connectivity index (χ1) is 11.7. The Labute approximate surface area is 144 Å². The minimum absolute atomic E-state index is 0. The first-order valence-corrected chi connectivity index (χ1v) is 8.63. The van der Waals surface area contributed by atoms with Gasteiger partial charge in [-0.15, -0.1) is 0 Å². The maximum absolute atomic E-state index is 13.6. The summed E-state index contributed by atoms with van der Waals surface area (Å²) in [5, 5.41) is 8.76. The maximum atomic E-state index is 13.6. The Kier molecular flexibility index (Phi) is 5.11. The van der Waals surface area contributed by atoms with Crippen LogP contribution >= 0.6 is 0 Å². The highest BCUT2D eigenvalue weighted by atomic mass is 19.1. The summed E-state index contributed by atoms with van der Waals surface area (Å²) in [7, 11) is 0. The monoisotopic (exact) mass is 321 g/mol. The number of hydrogen-bond acceptors (Lipinski definition) is 1. The lowest BCUT2D eigenvalue weighted by molar-refractivity contribution is 0.348. The van der Waals surface area contributed by atoms with Crippen molar-refractivity contribution in [2.45, 2.75) is 38.5 Å². The van der Waals surface area contributed by atoms with Gasteiger partial charge in [-0.1, -0.05) is 62.2 Å². The fourth-order valence-electron chi connectivity index (χ4n) is 3.39. The van der Waals surface area contributed by atoms with Gasteiger partial charge in [-0.2, -0.15) is 5.26 Å². The molecule has 0 spiro atoms. The third-order valence-corrected chi connectivity index (χ3v) is 5.01. The van der Waals surface area contributed by atoms with Crippen molar-refractivity contribution in [1.29, 1.82) is 5.26 Å². The highest BCUT2D eigenvalue weighted by molar-refractivity contribution is 5.70. The Hall–Kier alpha value is -2.40. The van der Waals surface area contributed by atoms with Gasteiger partial charge in [0.05, 0.1) is 5.56 Å². The van der Waals surface area contributed by atoms with E-state index < -0.39 is 5.82 Å². The van der Waals surface area contributed by atoms with Gasteiger partial charge < -0.3 is 0 Å². The van der Waals surface area contributed by atoms with E-state index in [2.05, 4.69) is 31.2 Å². The molecule has 0 N–H and O–H groups in total. The number of nitriles is 1. The predicted octanol–water partition coefficient (Wildman–Crippen LogP) is 6.41. The Morgan fingerprint density at radius 2 is 1.62 bits per heavy atom. The first kappa shape index (κ1) is 16.5. The predicted molar refractivity (Wildman–Crippen MR) is 99.0 cm³/mol. The molecule has 0 unspecified atom stereocenters. The molecule has 0 atom stereocenters. The Morgan fingerprint density at radius 1 is 1.00 bits per heavy atom. The maximum Gasteiger partial charge on any atom is 0.141 e. The van der Waals surface area contributed by atoms with Crippen molar-refractivity contribution < 1.29 is 5.82 Å². The highest BCUT2D eigenvalue weighted by Gasteiger charge is 2.19. The molecular weight excluding hydrogens is 297 g/mol. The molecule has 1 fully saturated rings. The van der Waals surface area contributed by atoms with Crippen molar-refractivity contribution in [3.05, 3.63) is 70.5 Å². The molecule has 2 heteroatoms. The SMILES string of the molecule is CC1CCC(c2ccc(C=Cc3ccc(C#N)c(F)c3)cc2)CC1.[HH]. The van der Waals surface area contributed by atoms with Gasteiger partial charge in [0.2, 0.25) is 0 Å². The normalized spacial score (nSPS) is 20.9. The summed E-state index contributed by atoms with van der Waals surface area (Å²) in [6, 6.07) is 15.2. The molecule has 1 aliphatic carbocycles. The van der Waals surface area contributed by atoms with Gasteiger partial charge in [0.1, 0.15) is 11.9 Å². The molecular formula is C22H24FN. The molecule has 24 heavy (non-hydrogen) atoms. The molecule has 2 aromatic carbocycles. The second-order valence-corrected chi connectivity index (χ2v) is 6.81. The van der Waals surface area contributed by atoms with Gasteiger partial charge in [0.25, 0.3) is 0 Å². The van der Waals surface area contributed by atoms with E-state index in [0.29, 0.717) is 5.92 Å². The summed E-state index contributed by atoms with van der Waals surface area (Å²) in [5.74, 6) is 1.10. The molecule has 3 rings (SSSR count). The Bertz CT molecular complexity index is 766. The van der Waals surface area contributed by atoms with Crippen LogP contribution in [-0.2, 0) is 0 Å². The van der Waals surface area contributed by atoms with Gasteiger partial charge in [-0.05, 0) is 53.5 Å². The van der Waals surface area contributed by atoms with Crippen LogP contribution in [0.5, 0.6) is 0 Å². The number of rotatable bonds is 3. The van der Waals surface area contributed by atoms with Gasteiger partial charge in [-0.25, -0.2) is 4.39 Å². The number of benzene rings is 2. The van der Waals surface area contributed by atoms with E-state index in [1.807, 2.05) is 18.2 Å². The summed E-state index contributed by atoms with van der Waals surface area (Å²) in [6.07, 6.45) is 9.10. The van der Waals surface area contributed by atoms with E-state index in [1.165, 1.54) is 43.4 Å². The molecule has 2 aromatic rings. The minimum atomic E-state index is -0.471. The lowest BCUT2D eigenvalue weighted by Crippen LogP contribution is -2.10. The summed E-state index contributed by atoms with van der Waals surface area (Å²) in [5.41, 5.74) is 3.38. The quantitative estimate of drug-likeness (QED) is 0.599. The number of hydrogen-bond donors (Lipinski definition) is 0. The first-order valence-electron chi connectivity index (χ1n) is 8.63. The zero-order valence-electron chi connectivity index (χ0n) is 14.0. The standard InChI is InChI=1S/C22H22FN.H2/c1-16-2-9-19(10-3-16)20-11-6-17(7-12-20)4-5-18-8-13-21(15-24)22(23)14-18;/h4-8,11-14,16,19H,2-3,9-10H2,1H3;1H. The number of halogens is 1. The van der Waals surface area contributed by atoms with Crippen LogP contribution in [0.15, 0.2) is 42.5 Å². The average Bonchev–Trinajstić information content (AvgIpc) is 2.61. The summed E-state index contributed by atoms with van der Waals surface area (Å²) >= 11 is 0. The van der Waals surface area contributed by atoms with Crippen LogP contribution in [-0.4, -0.2) is 0 Å². The van der Waals surface area contributed by atoms with E-state index in [9.17, 15) is 4.39 Å². The number of nitrogens with zero attached hydrogens (tertiary/aromatic N) is 1. The zero-order chi connectivity index (χ0) is 16.9. The van der Waals surface area contributed by atoms with Crippen molar-refractivity contribution in [2.75, 3.05) is 0 Å². The fourth-order valence-corrected chi connectivity index (χ4v) is 3.39. The zero-order valence-corrected chi connectivity index (χ0v) is 14.0.